The third-order valence-electron chi connectivity index (χ3n) is 6.83. The van der Waals surface area contributed by atoms with Gasteiger partial charge in [0.2, 0.25) is 10.0 Å². The van der Waals surface area contributed by atoms with Crippen LogP contribution in [0.4, 0.5) is 4.39 Å². The van der Waals surface area contributed by atoms with Gasteiger partial charge in [-0.2, -0.15) is 4.31 Å². The monoisotopic (exact) mass is 518 g/mol. The Morgan fingerprint density at radius 3 is 2.49 bits per heavy atom. The summed E-state index contributed by atoms with van der Waals surface area (Å²) in [5.74, 6) is -0.455. The highest BCUT2D eigenvalue weighted by Gasteiger charge is 2.32. The number of piperidine rings is 1. The molecule has 0 aliphatic carbocycles. The van der Waals surface area contributed by atoms with E-state index in [0.717, 1.165) is 22.4 Å². The van der Waals surface area contributed by atoms with Gasteiger partial charge in [-0.1, -0.05) is 53.7 Å². The largest absolute Gasteiger partial charge is 0.308 e. The molecule has 3 aromatic carbocycles. The van der Waals surface area contributed by atoms with Gasteiger partial charge in [0.15, 0.2) is 11.2 Å². The summed E-state index contributed by atoms with van der Waals surface area (Å²) < 4.78 is 42.9. The molecule has 9 nitrogen and oxygen atoms in total. The summed E-state index contributed by atoms with van der Waals surface area (Å²) in [5.41, 5.74) is 1.16. The van der Waals surface area contributed by atoms with Crippen LogP contribution in [0.1, 0.15) is 30.1 Å². The Labute approximate surface area is 211 Å². The summed E-state index contributed by atoms with van der Waals surface area (Å²) in [6.07, 6.45) is 0.878. The topological polar surface area (TPSA) is 114 Å². The fourth-order valence-electron chi connectivity index (χ4n) is 4.86. The van der Waals surface area contributed by atoms with Gasteiger partial charge in [0, 0.05) is 19.0 Å². The number of sulfonamides is 1. The van der Waals surface area contributed by atoms with Crippen LogP contribution in [0.15, 0.2) is 76.4 Å². The van der Waals surface area contributed by atoms with Gasteiger partial charge in [-0.3, -0.25) is 4.79 Å². The predicted octanol–water partition coefficient (Wildman–Crippen LogP) is 3.42. The van der Waals surface area contributed by atoms with Crippen LogP contribution in [0.2, 0.25) is 0 Å². The second kappa shape index (κ2) is 9.16. The van der Waals surface area contributed by atoms with Crippen LogP contribution in [0, 0.1) is 5.82 Å². The van der Waals surface area contributed by atoms with Crippen molar-refractivity contribution in [1.82, 2.24) is 29.3 Å². The lowest BCUT2D eigenvalue weighted by molar-refractivity contribution is 0.312. The number of hydrogen-bond donors (Lipinski definition) is 1. The zero-order chi connectivity index (χ0) is 25.6. The van der Waals surface area contributed by atoms with E-state index in [1.807, 2.05) is 36.4 Å². The Balaban J connectivity index is 1.25. The lowest BCUT2D eigenvalue weighted by Gasteiger charge is -2.30. The normalized spacial score (nSPS) is 15.5. The molecular formula is C26H23FN6O3S. The molecule has 0 saturated carbocycles. The number of aromatic amines is 1. The summed E-state index contributed by atoms with van der Waals surface area (Å²) in [5, 5.41) is 10.4. The fourth-order valence-corrected chi connectivity index (χ4v) is 6.39. The number of H-pyrrole nitrogens is 1. The molecule has 0 unspecified atom stereocenters. The zero-order valence-corrected chi connectivity index (χ0v) is 20.5. The van der Waals surface area contributed by atoms with Gasteiger partial charge in [0.25, 0.3) is 5.56 Å². The minimum atomic E-state index is -3.95. The van der Waals surface area contributed by atoms with Crippen molar-refractivity contribution in [3.63, 3.8) is 0 Å². The number of nitrogens with one attached hydrogen (secondary N) is 1. The van der Waals surface area contributed by atoms with Crippen LogP contribution in [-0.4, -0.2) is 50.8 Å². The average Bonchev–Trinajstić information content (AvgIpc) is 3.32. The zero-order valence-electron chi connectivity index (χ0n) is 19.7. The van der Waals surface area contributed by atoms with Crippen LogP contribution in [0.5, 0.6) is 0 Å². The quantitative estimate of drug-likeness (QED) is 0.381. The molecule has 0 bridgehead atoms. The minimum absolute atomic E-state index is 0.157. The van der Waals surface area contributed by atoms with Crippen LogP contribution in [-0.2, 0) is 16.6 Å². The van der Waals surface area contributed by atoms with Crippen LogP contribution in [0.25, 0.3) is 21.9 Å². The first-order valence-corrected chi connectivity index (χ1v) is 13.4. The lowest BCUT2D eigenvalue weighted by Crippen LogP contribution is -2.38. The van der Waals surface area contributed by atoms with Gasteiger partial charge < -0.3 is 4.98 Å². The Kier molecular flexibility index (Phi) is 5.81. The molecule has 1 saturated heterocycles. The third-order valence-corrected chi connectivity index (χ3v) is 8.77. The summed E-state index contributed by atoms with van der Waals surface area (Å²) in [7, 11) is -3.95. The highest BCUT2D eigenvalue weighted by Crippen LogP contribution is 2.30. The maximum Gasteiger partial charge on any atom is 0.281 e. The van der Waals surface area contributed by atoms with E-state index in [4.69, 9.17) is 4.98 Å². The Bertz CT molecular complexity index is 1790. The van der Waals surface area contributed by atoms with Crippen LogP contribution >= 0.6 is 0 Å². The van der Waals surface area contributed by atoms with Crippen molar-refractivity contribution in [2.75, 3.05) is 13.1 Å². The SMILES string of the molecule is O=c1[nH]c(C2CCN(S(=O)(=O)c3ccccc3F)CC2)nc2c1nnn2Cc1ccc2ccccc2c1. The van der Waals surface area contributed by atoms with E-state index >= 15 is 0 Å². The van der Waals surface area contributed by atoms with E-state index in [1.165, 1.54) is 22.5 Å². The second-order valence-corrected chi connectivity index (χ2v) is 11.1. The highest BCUT2D eigenvalue weighted by molar-refractivity contribution is 7.89. The first-order valence-electron chi connectivity index (χ1n) is 12.0. The van der Waals surface area contributed by atoms with Crippen LogP contribution < -0.4 is 5.56 Å². The standard InChI is InChI=1S/C26H23FN6O3S/c27-21-7-3-4-8-22(21)37(35,36)32-13-11-19(12-14-32)24-28-25-23(26(34)29-24)30-31-33(25)16-17-9-10-18-5-1-2-6-20(18)15-17/h1-10,15,19H,11-14,16H2,(H,28,29,34). The summed E-state index contributed by atoms with van der Waals surface area (Å²) >= 11 is 0. The molecule has 11 heteroatoms. The molecule has 0 radical (unpaired) electrons. The van der Waals surface area contributed by atoms with Crippen molar-refractivity contribution in [3.05, 3.63) is 94.3 Å². The highest BCUT2D eigenvalue weighted by atomic mass is 32.2. The molecule has 1 fully saturated rings. The molecule has 0 amide bonds. The van der Waals surface area contributed by atoms with E-state index in [2.05, 4.69) is 21.4 Å². The number of halogens is 1. The van der Waals surface area contributed by atoms with Gasteiger partial charge in [0.05, 0.1) is 6.54 Å². The number of aromatic nitrogens is 5. The number of hydrogen-bond acceptors (Lipinski definition) is 6. The first kappa shape index (κ1) is 23.4. The van der Waals surface area contributed by atoms with Crippen molar-refractivity contribution < 1.29 is 12.8 Å². The first-order chi connectivity index (χ1) is 17.9. The molecule has 2 aromatic heterocycles. The Hall–Kier alpha value is -3.96. The molecule has 37 heavy (non-hydrogen) atoms. The number of fused-ring (bicyclic) bond motifs is 2. The number of nitrogens with zero attached hydrogens (tertiary/aromatic N) is 5. The molecule has 0 atom stereocenters. The summed E-state index contributed by atoms with van der Waals surface area (Å²) in [4.78, 5) is 19.9. The molecule has 188 valence electrons. The van der Waals surface area contributed by atoms with Crippen molar-refractivity contribution >= 4 is 32.0 Å². The van der Waals surface area contributed by atoms with Crippen molar-refractivity contribution in [1.29, 1.82) is 0 Å². The van der Waals surface area contributed by atoms with E-state index in [9.17, 15) is 17.6 Å². The van der Waals surface area contributed by atoms with Gasteiger partial charge in [-0.25, -0.2) is 22.5 Å². The maximum atomic E-state index is 14.1. The molecule has 6 rings (SSSR count). The van der Waals surface area contributed by atoms with E-state index in [0.29, 0.717) is 30.9 Å². The second-order valence-electron chi connectivity index (χ2n) is 9.16. The van der Waals surface area contributed by atoms with Gasteiger partial charge in [0.1, 0.15) is 16.5 Å². The third kappa shape index (κ3) is 4.30. The minimum Gasteiger partial charge on any atom is -0.308 e. The average molecular weight is 519 g/mol. The summed E-state index contributed by atoms with van der Waals surface area (Å²) in [6, 6.07) is 19.5. The molecule has 1 N–H and O–H groups in total. The fraction of sp³-hybridized carbons (Fsp3) is 0.231. The Morgan fingerprint density at radius 2 is 1.70 bits per heavy atom. The van der Waals surface area contributed by atoms with Crippen LogP contribution in [0.3, 0.4) is 0 Å². The van der Waals surface area contributed by atoms with E-state index in [-0.39, 0.29) is 35.0 Å². The van der Waals surface area contributed by atoms with Gasteiger partial charge in [-0.15, -0.1) is 5.10 Å². The van der Waals surface area contributed by atoms with E-state index in [1.54, 1.807) is 4.68 Å². The maximum absolute atomic E-state index is 14.1. The van der Waals surface area contributed by atoms with Gasteiger partial charge in [-0.05, 0) is 47.4 Å². The molecule has 1 aliphatic heterocycles. The number of rotatable bonds is 5. The molecule has 5 aromatic rings. The molecular weight excluding hydrogens is 495 g/mol. The van der Waals surface area contributed by atoms with Crippen molar-refractivity contribution in [3.8, 4) is 0 Å². The van der Waals surface area contributed by atoms with Crippen molar-refractivity contribution in [2.45, 2.75) is 30.2 Å². The molecule has 3 heterocycles. The van der Waals surface area contributed by atoms with E-state index < -0.39 is 15.8 Å². The smallest absolute Gasteiger partial charge is 0.281 e. The molecule has 0 spiro atoms. The predicted molar refractivity (Wildman–Crippen MR) is 136 cm³/mol. The Morgan fingerprint density at radius 1 is 0.973 bits per heavy atom. The molecule has 1 aliphatic rings. The summed E-state index contributed by atoms with van der Waals surface area (Å²) in [6.45, 7) is 0.784. The number of benzene rings is 3. The lowest BCUT2D eigenvalue weighted by atomic mass is 9.97. The van der Waals surface area contributed by atoms with Crippen molar-refractivity contribution in [2.24, 2.45) is 0 Å². The van der Waals surface area contributed by atoms with Gasteiger partial charge >= 0.3 is 0 Å².